The molecule has 4 heterocycles. The highest BCUT2D eigenvalue weighted by molar-refractivity contribution is 7.13. The van der Waals surface area contributed by atoms with E-state index in [4.69, 9.17) is 0 Å². The number of hydrogen-bond donors (Lipinski definition) is 2. The number of nitrogens with zero attached hydrogens (tertiary/aromatic N) is 4. The van der Waals surface area contributed by atoms with Gasteiger partial charge in [-0.3, -0.25) is 9.59 Å². The molecule has 0 aromatic carbocycles. The molecule has 9 heteroatoms. The number of hydrogen-bond acceptors (Lipinski definition) is 6. The van der Waals surface area contributed by atoms with Gasteiger partial charge in [0.2, 0.25) is 0 Å². The van der Waals surface area contributed by atoms with Crippen molar-refractivity contribution >= 4 is 28.7 Å². The van der Waals surface area contributed by atoms with Crippen molar-refractivity contribution in [2.75, 3.05) is 13.1 Å². The van der Waals surface area contributed by atoms with E-state index in [9.17, 15) is 14.7 Å². The molecule has 3 aromatic rings. The van der Waals surface area contributed by atoms with Gasteiger partial charge in [-0.2, -0.15) is 5.10 Å². The van der Waals surface area contributed by atoms with Gasteiger partial charge in [0, 0.05) is 25.2 Å². The Hall–Kier alpha value is -2.78. The van der Waals surface area contributed by atoms with Crippen LogP contribution in [0.5, 0.6) is 0 Å². The monoisotopic (exact) mass is 399 g/mol. The first-order valence-corrected chi connectivity index (χ1v) is 9.92. The van der Waals surface area contributed by atoms with Crippen LogP contribution in [0.25, 0.3) is 5.52 Å². The number of rotatable bonds is 4. The number of aliphatic hydroxyl groups excluding tert-OH is 1. The van der Waals surface area contributed by atoms with Gasteiger partial charge in [0.15, 0.2) is 0 Å². The summed E-state index contributed by atoms with van der Waals surface area (Å²) in [6.07, 6.45) is 2.34. The van der Waals surface area contributed by atoms with Crippen LogP contribution in [0.2, 0.25) is 0 Å². The SMILES string of the molecule is CC(C)c1ncc(C(=O)N[C@@H]2CN(C(=O)c3ccc4cccnn34)C[C@H]2O)s1. The van der Waals surface area contributed by atoms with Gasteiger partial charge in [-0.25, -0.2) is 9.50 Å². The number of carbonyl (C=O) groups excluding carboxylic acids is 2. The Morgan fingerprint density at radius 3 is 2.86 bits per heavy atom. The summed E-state index contributed by atoms with van der Waals surface area (Å²) in [6.45, 7) is 4.43. The standard InChI is InChI=1S/C19H21N5O3S/c1-11(2)18-20-8-16(28-18)17(26)22-13-9-23(10-15(13)25)19(27)14-6-5-12-4-3-7-21-24(12)14/h3-8,11,13,15,25H,9-10H2,1-2H3,(H,22,26)/t13-,15-/m1/s1. The van der Waals surface area contributed by atoms with Crippen LogP contribution in [0.15, 0.2) is 36.7 Å². The van der Waals surface area contributed by atoms with Gasteiger partial charge < -0.3 is 15.3 Å². The first kappa shape index (κ1) is 18.6. The lowest BCUT2D eigenvalue weighted by atomic mass is 10.2. The number of likely N-dealkylation sites (tertiary alicyclic amines) is 1. The van der Waals surface area contributed by atoms with Gasteiger partial charge in [0.1, 0.15) is 10.6 Å². The Balaban J connectivity index is 1.45. The van der Waals surface area contributed by atoms with E-state index < -0.39 is 12.1 Å². The van der Waals surface area contributed by atoms with Gasteiger partial charge in [-0.15, -0.1) is 11.3 Å². The second-order valence-corrected chi connectivity index (χ2v) is 8.22. The third-order valence-electron chi connectivity index (χ3n) is 4.77. The summed E-state index contributed by atoms with van der Waals surface area (Å²) in [5, 5.41) is 18.3. The lowest BCUT2D eigenvalue weighted by Gasteiger charge is -2.16. The van der Waals surface area contributed by atoms with Crippen molar-refractivity contribution in [2.24, 2.45) is 0 Å². The lowest BCUT2D eigenvalue weighted by Crippen LogP contribution is -2.42. The van der Waals surface area contributed by atoms with Gasteiger partial charge in [-0.1, -0.05) is 13.8 Å². The van der Waals surface area contributed by atoms with E-state index in [0.29, 0.717) is 10.6 Å². The Bertz CT molecular complexity index is 1030. The van der Waals surface area contributed by atoms with Crippen LogP contribution in [-0.4, -0.2) is 61.7 Å². The summed E-state index contributed by atoms with van der Waals surface area (Å²) >= 11 is 1.34. The number of amides is 2. The number of fused-ring (bicyclic) bond motifs is 1. The summed E-state index contributed by atoms with van der Waals surface area (Å²) in [4.78, 5) is 31.7. The van der Waals surface area contributed by atoms with Gasteiger partial charge in [0.25, 0.3) is 11.8 Å². The first-order chi connectivity index (χ1) is 13.4. The highest BCUT2D eigenvalue weighted by atomic mass is 32.1. The van der Waals surface area contributed by atoms with Crippen LogP contribution in [0.3, 0.4) is 0 Å². The van der Waals surface area contributed by atoms with E-state index in [1.807, 2.05) is 26.0 Å². The van der Waals surface area contributed by atoms with Crippen LogP contribution in [0.1, 0.15) is 44.9 Å². The van der Waals surface area contributed by atoms with E-state index in [-0.39, 0.29) is 30.8 Å². The third kappa shape index (κ3) is 3.38. The average Bonchev–Trinajstić information content (AvgIpc) is 3.39. The highest BCUT2D eigenvalue weighted by Crippen LogP contribution is 2.22. The van der Waals surface area contributed by atoms with Crippen LogP contribution in [0.4, 0.5) is 0 Å². The summed E-state index contributed by atoms with van der Waals surface area (Å²) in [5.74, 6) is -0.255. The predicted octanol–water partition coefficient (Wildman–Crippen LogP) is 1.53. The Morgan fingerprint density at radius 2 is 2.11 bits per heavy atom. The topological polar surface area (TPSA) is 99.8 Å². The van der Waals surface area contributed by atoms with Gasteiger partial charge in [-0.05, 0) is 24.3 Å². The average molecular weight is 399 g/mol. The minimum absolute atomic E-state index is 0.157. The summed E-state index contributed by atoms with van der Waals surface area (Å²) in [6, 6.07) is 6.68. The fraction of sp³-hybridized carbons (Fsp3) is 0.368. The van der Waals surface area contributed by atoms with Crippen LogP contribution >= 0.6 is 11.3 Å². The Morgan fingerprint density at radius 1 is 1.29 bits per heavy atom. The lowest BCUT2D eigenvalue weighted by molar-refractivity contribution is 0.0757. The zero-order chi connectivity index (χ0) is 19.8. The van der Waals surface area contributed by atoms with E-state index in [2.05, 4.69) is 15.4 Å². The minimum Gasteiger partial charge on any atom is -0.389 e. The number of carbonyl (C=O) groups is 2. The van der Waals surface area contributed by atoms with Crippen molar-refractivity contribution in [2.45, 2.75) is 31.9 Å². The number of aromatic nitrogens is 3. The molecule has 0 bridgehead atoms. The molecule has 1 fully saturated rings. The van der Waals surface area contributed by atoms with E-state index >= 15 is 0 Å². The van der Waals surface area contributed by atoms with Crippen molar-refractivity contribution in [3.63, 3.8) is 0 Å². The van der Waals surface area contributed by atoms with Crippen LogP contribution in [-0.2, 0) is 0 Å². The fourth-order valence-corrected chi connectivity index (χ4v) is 4.09. The van der Waals surface area contributed by atoms with E-state index in [1.165, 1.54) is 16.2 Å². The number of β-amino-alcohol motifs (C(OH)–C–C–N with tert-alkyl or cyclic N) is 1. The molecule has 1 aliphatic rings. The summed E-state index contributed by atoms with van der Waals surface area (Å²) < 4.78 is 1.57. The number of aliphatic hydroxyl groups is 1. The molecule has 0 spiro atoms. The third-order valence-corrected chi connectivity index (χ3v) is 6.07. The first-order valence-electron chi connectivity index (χ1n) is 9.10. The van der Waals surface area contributed by atoms with Crippen molar-refractivity contribution in [1.29, 1.82) is 0 Å². The van der Waals surface area contributed by atoms with Crippen molar-refractivity contribution < 1.29 is 14.7 Å². The molecule has 0 aliphatic carbocycles. The molecule has 0 saturated carbocycles. The van der Waals surface area contributed by atoms with Crippen molar-refractivity contribution in [3.05, 3.63) is 52.2 Å². The molecule has 2 amide bonds. The molecule has 2 atom stereocenters. The zero-order valence-corrected chi connectivity index (χ0v) is 16.4. The molecule has 4 rings (SSSR count). The predicted molar refractivity (Wildman–Crippen MR) is 105 cm³/mol. The van der Waals surface area contributed by atoms with Gasteiger partial charge >= 0.3 is 0 Å². The zero-order valence-electron chi connectivity index (χ0n) is 15.6. The fourth-order valence-electron chi connectivity index (χ4n) is 3.26. The van der Waals surface area contributed by atoms with Crippen LogP contribution < -0.4 is 5.32 Å². The van der Waals surface area contributed by atoms with E-state index in [1.54, 1.807) is 29.0 Å². The van der Waals surface area contributed by atoms with Crippen molar-refractivity contribution in [3.8, 4) is 0 Å². The van der Waals surface area contributed by atoms with Crippen molar-refractivity contribution in [1.82, 2.24) is 24.8 Å². The molecule has 28 heavy (non-hydrogen) atoms. The summed E-state index contributed by atoms with van der Waals surface area (Å²) in [7, 11) is 0. The molecule has 146 valence electrons. The normalized spacial score (nSPS) is 19.5. The largest absolute Gasteiger partial charge is 0.389 e. The minimum atomic E-state index is -0.829. The smallest absolute Gasteiger partial charge is 0.272 e. The molecular formula is C19H21N5O3S. The second kappa shape index (κ2) is 7.33. The highest BCUT2D eigenvalue weighted by Gasteiger charge is 2.36. The maximum Gasteiger partial charge on any atom is 0.272 e. The molecule has 1 aliphatic heterocycles. The van der Waals surface area contributed by atoms with Gasteiger partial charge in [0.05, 0.1) is 28.9 Å². The number of thiazole rings is 1. The summed E-state index contributed by atoms with van der Waals surface area (Å²) in [5.41, 5.74) is 1.25. The Kier molecular flexibility index (Phi) is 4.86. The molecule has 1 saturated heterocycles. The van der Waals surface area contributed by atoms with E-state index in [0.717, 1.165) is 10.5 Å². The maximum atomic E-state index is 12.9. The number of nitrogens with one attached hydrogen (secondary N) is 1. The molecule has 2 N–H and O–H groups in total. The molecule has 0 unspecified atom stereocenters. The molecule has 8 nitrogen and oxygen atoms in total. The molecule has 0 radical (unpaired) electrons. The quantitative estimate of drug-likeness (QED) is 0.693. The molecular weight excluding hydrogens is 378 g/mol. The van der Waals surface area contributed by atoms with Crippen LogP contribution in [0, 0.1) is 0 Å². The molecule has 3 aromatic heterocycles. The maximum absolute atomic E-state index is 12.9. The second-order valence-electron chi connectivity index (χ2n) is 7.15. The Labute approximate surface area is 165 Å².